The first kappa shape index (κ1) is 7.20. The molecule has 0 saturated heterocycles. The fourth-order valence-electron chi connectivity index (χ4n) is 0.106. The minimum atomic E-state index is 1.13. The Labute approximate surface area is 65.7 Å². The number of hydrogen-bond donors (Lipinski definition) is 0. The number of rotatable bonds is 1. The molecule has 0 fully saturated rings. The maximum absolute atomic E-state index is 2.32. The van der Waals surface area contributed by atoms with E-state index in [1.807, 2.05) is 0 Å². The molecule has 0 aromatic heterocycles. The Kier molecular flexibility index (Phi) is 5.23. The normalized spacial score (nSPS) is 12.2. The van der Waals surface area contributed by atoms with E-state index in [0.717, 1.165) is 4.43 Å². The second kappa shape index (κ2) is 4.36. The van der Waals surface area contributed by atoms with E-state index >= 15 is 0 Å². The Morgan fingerprint density at radius 3 is 2.33 bits per heavy atom. The summed E-state index contributed by atoms with van der Waals surface area (Å²) in [6.07, 6.45) is 2.18. The first-order valence-corrected chi connectivity index (χ1v) is 4.26. The van der Waals surface area contributed by atoms with Crippen molar-refractivity contribution in [1.29, 1.82) is 0 Å². The highest BCUT2D eigenvalue weighted by molar-refractivity contribution is 14.1. The monoisotopic (exact) mass is 308 g/mol. The van der Waals surface area contributed by atoms with Gasteiger partial charge in [-0.15, -0.1) is 0 Å². The fraction of sp³-hybridized carbons (Fsp3) is 0.500. The fourth-order valence-corrected chi connectivity index (χ4v) is 1.83. The predicted molar refractivity (Wildman–Crippen MR) is 46.7 cm³/mol. The average Bonchev–Trinajstić information content (AvgIpc) is 1.35. The van der Waals surface area contributed by atoms with E-state index < -0.39 is 0 Å². The summed E-state index contributed by atoms with van der Waals surface area (Å²) in [5.74, 6) is 0. The lowest BCUT2D eigenvalue weighted by atomic mass is 10.6. The smallest absolute Gasteiger partial charge is 0.0185 e. The molecule has 0 rings (SSSR count). The van der Waals surface area contributed by atoms with Gasteiger partial charge < -0.3 is 0 Å². The SMILES string of the molecule is CC(I)=CCI. The molecule has 6 heavy (non-hydrogen) atoms. The molecule has 0 atom stereocenters. The Morgan fingerprint density at radius 1 is 1.83 bits per heavy atom. The largest absolute Gasteiger partial charge is 0.0818 e. The van der Waals surface area contributed by atoms with Crippen LogP contribution in [0.25, 0.3) is 0 Å². The summed E-state index contributed by atoms with van der Waals surface area (Å²) in [4.78, 5) is 0. The molecule has 0 amide bonds. The van der Waals surface area contributed by atoms with Crippen LogP contribution in [0.5, 0.6) is 0 Å². The minimum absolute atomic E-state index is 1.13. The van der Waals surface area contributed by atoms with Gasteiger partial charge in [-0.3, -0.25) is 0 Å². The van der Waals surface area contributed by atoms with Crippen LogP contribution in [0.15, 0.2) is 9.66 Å². The highest BCUT2D eigenvalue weighted by atomic mass is 127. The third-order valence-corrected chi connectivity index (χ3v) is 1.24. The zero-order chi connectivity index (χ0) is 4.99. The molecule has 0 N–H and O–H groups in total. The van der Waals surface area contributed by atoms with Gasteiger partial charge in [-0.05, 0) is 33.1 Å². The van der Waals surface area contributed by atoms with E-state index in [1.54, 1.807) is 0 Å². The maximum Gasteiger partial charge on any atom is 0.0185 e. The van der Waals surface area contributed by atoms with Crippen LogP contribution in [0, 0.1) is 0 Å². The van der Waals surface area contributed by atoms with Gasteiger partial charge >= 0.3 is 0 Å². The molecule has 2 heteroatoms. The lowest BCUT2D eigenvalue weighted by Gasteiger charge is -1.76. The quantitative estimate of drug-likeness (QED) is 0.516. The van der Waals surface area contributed by atoms with Crippen molar-refractivity contribution < 1.29 is 0 Å². The Bertz CT molecular complexity index is 52.6. The lowest BCUT2D eigenvalue weighted by molar-refractivity contribution is 1.66. The first-order valence-electron chi connectivity index (χ1n) is 1.65. The molecule has 36 valence electrons. The molecule has 0 spiro atoms. The topological polar surface area (TPSA) is 0 Å². The van der Waals surface area contributed by atoms with Crippen LogP contribution < -0.4 is 0 Å². The van der Waals surface area contributed by atoms with Gasteiger partial charge in [-0.1, -0.05) is 28.7 Å². The van der Waals surface area contributed by atoms with Crippen molar-refractivity contribution in [2.24, 2.45) is 0 Å². The number of alkyl halides is 1. The standard InChI is InChI=1S/C4H6I2/c1-4(6)2-3-5/h2H,3H2,1H3. The van der Waals surface area contributed by atoms with Gasteiger partial charge in [0.25, 0.3) is 0 Å². The van der Waals surface area contributed by atoms with Gasteiger partial charge in [0.2, 0.25) is 0 Å². The summed E-state index contributed by atoms with van der Waals surface area (Å²) in [5, 5.41) is 0. The summed E-state index contributed by atoms with van der Waals surface area (Å²) >= 11 is 4.62. The molecule has 0 radical (unpaired) electrons. The van der Waals surface area contributed by atoms with Gasteiger partial charge in [0.1, 0.15) is 0 Å². The number of halogens is 2. The molecule has 0 aliphatic carbocycles. The molecule has 0 heterocycles. The van der Waals surface area contributed by atoms with Crippen LogP contribution in [-0.4, -0.2) is 4.43 Å². The average molecular weight is 308 g/mol. The summed E-state index contributed by atoms with van der Waals surface area (Å²) in [7, 11) is 0. The zero-order valence-electron chi connectivity index (χ0n) is 3.54. The van der Waals surface area contributed by atoms with E-state index in [1.165, 1.54) is 3.58 Å². The van der Waals surface area contributed by atoms with Gasteiger partial charge in [-0.25, -0.2) is 0 Å². The van der Waals surface area contributed by atoms with Crippen molar-refractivity contribution in [3.8, 4) is 0 Å². The molecular weight excluding hydrogens is 302 g/mol. The molecule has 0 aliphatic heterocycles. The van der Waals surface area contributed by atoms with Crippen molar-refractivity contribution in [1.82, 2.24) is 0 Å². The van der Waals surface area contributed by atoms with Crippen molar-refractivity contribution in [2.75, 3.05) is 4.43 Å². The molecular formula is C4H6I2. The molecule has 0 unspecified atom stereocenters. The van der Waals surface area contributed by atoms with Gasteiger partial charge in [-0.2, -0.15) is 0 Å². The van der Waals surface area contributed by atoms with Crippen LogP contribution in [-0.2, 0) is 0 Å². The lowest BCUT2D eigenvalue weighted by Crippen LogP contribution is -1.57. The summed E-state index contributed by atoms with van der Waals surface area (Å²) in [5.41, 5.74) is 0. The van der Waals surface area contributed by atoms with Crippen LogP contribution >= 0.6 is 45.2 Å². The van der Waals surface area contributed by atoms with Gasteiger partial charge in [0, 0.05) is 4.43 Å². The number of allylic oxidation sites excluding steroid dienone is 2. The van der Waals surface area contributed by atoms with Crippen LogP contribution in [0.3, 0.4) is 0 Å². The van der Waals surface area contributed by atoms with Crippen molar-refractivity contribution in [2.45, 2.75) is 6.92 Å². The summed E-state index contributed by atoms with van der Waals surface area (Å²) < 4.78 is 2.51. The van der Waals surface area contributed by atoms with E-state index in [9.17, 15) is 0 Å². The summed E-state index contributed by atoms with van der Waals surface area (Å²) in [6, 6.07) is 0. The van der Waals surface area contributed by atoms with Crippen LogP contribution in [0.2, 0.25) is 0 Å². The second-order valence-corrected chi connectivity index (χ2v) is 3.53. The van der Waals surface area contributed by atoms with Crippen molar-refractivity contribution in [3.63, 3.8) is 0 Å². The van der Waals surface area contributed by atoms with E-state index in [0.29, 0.717) is 0 Å². The highest BCUT2D eigenvalue weighted by Gasteiger charge is 1.70. The minimum Gasteiger partial charge on any atom is -0.0818 e. The van der Waals surface area contributed by atoms with Crippen LogP contribution in [0.1, 0.15) is 6.92 Å². The van der Waals surface area contributed by atoms with E-state index in [-0.39, 0.29) is 0 Å². The van der Waals surface area contributed by atoms with Crippen LogP contribution in [0.4, 0.5) is 0 Å². The highest BCUT2D eigenvalue weighted by Crippen LogP contribution is 2.02. The second-order valence-electron chi connectivity index (χ2n) is 0.945. The van der Waals surface area contributed by atoms with Gasteiger partial charge in [0.05, 0.1) is 0 Å². The van der Waals surface area contributed by atoms with Crippen molar-refractivity contribution in [3.05, 3.63) is 9.66 Å². The third kappa shape index (κ3) is 5.20. The molecule has 0 aromatic carbocycles. The molecule has 0 bridgehead atoms. The van der Waals surface area contributed by atoms with Crippen molar-refractivity contribution >= 4 is 45.2 Å². The van der Waals surface area contributed by atoms with Gasteiger partial charge in [0.15, 0.2) is 0 Å². The zero-order valence-corrected chi connectivity index (χ0v) is 7.86. The Balaban J connectivity index is 3.14. The maximum atomic E-state index is 2.32. The van der Waals surface area contributed by atoms with E-state index in [2.05, 4.69) is 58.2 Å². The predicted octanol–water partition coefficient (Wildman–Crippen LogP) is 2.76. The first-order chi connectivity index (χ1) is 2.77. The number of hydrogen-bond acceptors (Lipinski definition) is 0. The molecule has 0 aliphatic rings. The molecule has 0 nitrogen and oxygen atoms in total. The third-order valence-electron chi connectivity index (χ3n) is 0.358. The Morgan fingerprint density at radius 2 is 2.33 bits per heavy atom. The molecule has 0 saturated carbocycles. The summed E-state index contributed by atoms with van der Waals surface area (Å²) in [6.45, 7) is 2.10. The van der Waals surface area contributed by atoms with E-state index in [4.69, 9.17) is 0 Å². The Hall–Kier alpha value is 1.20. The molecule has 0 aromatic rings.